The van der Waals surface area contributed by atoms with Crippen LogP contribution in [0, 0.1) is 5.92 Å². The molecule has 2 unspecified atom stereocenters. The van der Waals surface area contributed by atoms with Crippen molar-refractivity contribution < 1.29 is 4.74 Å². The first-order chi connectivity index (χ1) is 7.58. The minimum atomic E-state index is 0.380. The van der Waals surface area contributed by atoms with E-state index in [9.17, 15) is 0 Å². The molecule has 0 aliphatic rings. The summed E-state index contributed by atoms with van der Waals surface area (Å²) >= 11 is 0. The molecule has 0 aliphatic carbocycles. The van der Waals surface area contributed by atoms with Gasteiger partial charge < -0.3 is 15.8 Å². The third-order valence-electron chi connectivity index (χ3n) is 2.96. The van der Waals surface area contributed by atoms with E-state index in [1.165, 1.54) is 0 Å². The van der Waals surface area contributed by atoms with E-state index in [0.29, 0.717) is 23.5 Å². The van der Waals surface area contributed by atoms with E-state index >= 15 is 0 Å². The van der Waals surface area contributed by atoms with Crippen molar-refractivity contribution >= 4 is 11.5 Å². The van der Waals surface area contributed by atoms with Crippen LogP contribution in [0.4, 0.5) is 11.5 Å². The van der Waals surface area contributed by atoms with E-state index in [-0.39, 0.29) is 0 Å². The van der Waals surface area contributed by atoms with Gasteiger partial charge in [-0.1, -0.05) is 20.3 Å². The smallest absolute Gasteiger partial charge is 0.238 e. The molecule has 1 aromatic rings. The molecule has 1 heterocycles. The van der Waals surface area contributed by atoms with Gasteiger partial charge in [0.05, 0.1) is 12.8 Å². The second-order valence-corrected chi connectivity index (χ2v) is 4.11. The molecule has 0 bridgehead atoms. The van der Waals surface area contributed by atoms with Gasteiger partial charge in [-0.3, -0.25) is 0 Å². The molecule has 0 aromatic carbocycles. The minimum absolute atomic E-state index is 0.380. The van der Waals surface area contributed by atoms with Crippen LogP contribution in [0.5, 0.6) is 5.88 Å². The van der Waals surface area contributed by atoms with Crippen LogP contribution in [0.1, 0.15) is 27.2 Å². The number of rotatable bonds is 5. The Balaban J connectivity index is 2.74. The maximum atomic E-state index is 5.70. The average molecular weight is 223 g/mol. The second-order valence-electron chi connectivity index (χ2n) is 4.11. The van der Waals surface area contributed by atoms with Crippen molar-refractivity contribution in [2.75, 3.05) is 18.2 Å². The maximum Gasteiger partial charge on any atom is 0.238 e. The maximum absolute atomic E-state index is 5.70. The number of nitrogens with zero attached hydrogens (tertiary/aromatic N) is 1. The number of ether oxygens (including phenoxy) is 1. The van der Waals surface area contributed by atoms with Gasteiger partial charge in [-0.15, -0.1) is 0 Å². The zero-order chi connectivity index (χ0) is 12.1. The summed E-state index contributed by atoms with van der Waals surface area (Å²) in [5.41, 5.74) is 6.26. The van der Waals surface area contributed by atoms with E-state index in [4.69, 9.17) is 10.5 Å². The molecule has 0 saturated heterocycles. The Morgan fingerprint density at radius 3 is 2.69 bits per heavy atom. The fourth-order valence-electron chi connectivity index (χ4n) is 1.42. The Hall–Kier alpha value is -1.45. The highest BCUT2D eigenvalue weighted by molar-refractivity contribution is 5.53. The van der Waals surface area contributed by atoms with Crippen LogP contribution < -0.4 is 15.8 Å². The van der Waals surface area contributed by atoms with Crippen molar-refractivity contribution in [3.63, 3.8) is 0 Å². The van der Waals surface area contributed by atoms with Gasteiger partial charge in [0.1, 0.15) is 5.82 Å². The number of aromatic nitrogens is 1. The zero-order valence-corrected chi connectivity index (χ0v) is 10.4. The summed E-state index contributed by atoms with van der Waals surface area (Å²) in [6.45, 7) is 6.55. The average Bonchev–Trinajstić information content (AvgIpc) is 2.30. The molecular weight excluding hydrogens is 202 g/mol. The first kappa shape index (κ1) is 12.6. The predicted octanol–water partition coefficient (Wildman–Crippen LogP) is 2.52. The number of nitrogens with one attached hydrogen (secondary N) is 1. The monoisotopic (exact) mass is 223 g/mol. The molecule has 4 heteroatoms. The van der Waals surface area contributed by atoms with Crippen LogP contribution in [-0.2, 0) is 0 Å². The topological polar surface area (TPSA) is 60.2 Å². The van der Waals surface area contributed by atoms with E-state index in [1.54, 1.807) is 13.2 Å². The Morgan fingerprint density at radius 1 is 1.44 bits per heavy atom. The lowest BCUT2D eigenvalue weighted by Gasteiger charge is -2.20. The highest BCUT2D eigenvalue weighted by Gasteiger charge is 2.11. The first-order valence-corrected chi connectivity index (χ1v) is 5.65. The van der Waals surface area contributed by atoms with Gasteiger partial charge in [-0.05, 0) is 25.0 Å². The SMILES string of the molecule is CCC(C)C(C)Nc1ccc(N)c(OC)n1. The van der Waals surface area contributed by atoms with Gasteiger partial charge in [-0.2, -0.15) is 4.98 Å². The molecule has 0 aliphatic heterocycles. The van der Waals surface area contributed by atoms with Crippen molar-refractivity contribution in [2.45, 2.75) is 33.2 Å². The molecule has 0 amide bonds. The van der Waals surface area contributed by atoms with Gasteiger partial charge in [-0.25, -0.2) is 0 Å². The molecule has 4 nitrogen and oxygen atoms in total. The molecule has 16 heavy (non-hydrogen) atoms. The number of anilines is 2. The van der Waals surface area contributed by atoms with Crippen molar-refractivity contribution in [1.82, 2.24) is 4.98 Å². The lowest BCUT2D eigenvalue weighted by atomic mass is 10.0. The van der Waals surface area contributed by atoms with E-state index in [2.05, 4.69) is 31.1 Å². The highest BCUT2D eigenvalue weighted by atomic mass is 16.5. The van der Waals surface area contributed by atoms with Crippen LogP contribution in [0.15, 0.2) is 12.1 Å². The Labute approximate surface area is 97.2 Å². The summed E-state index contributed by atoms with van der Waals surface area (Å²) in [4.78, 5) is 4.29. The number of hydrogen-bond acceptors (Lipinski definition) is 4. The molecule has 1 aromatic heterocycles. The number of nitrogen functional groups attached to an aromatic ring is 1. The quantitative estimate of drug-likeness (QED) is 0.805. The number of pyridine rings is 1. The lowest BCUT2D eigenvalue weighted by Crippen LogP contribution is -2.23. The summed E-state index contributed by atoms with van der Waals surface area (Å²) in [6.07, 6.45) is 1.14. The molecule has 3 N–H and O–H groups in total. The summed E-state index contributed by atoms with van der Waals surface area (Å²) < 4.78 is 5.08. The first-order valence-electron chi connectivity index (χ1n) is 5.65. The summed E-state index contributed by atoms with van der Waals surface area (Å²) in [5, 5.41) is 3.35. The van der Waals surface area contributed by atoms with E-state index < -0.39 is 0 Å². The fourth-order valence-corrected chi connectivity index (χ4v) is 1.42. The van der Waals surface area contributed by atoms with Crippen LogP contribution in [0.3, 0.4) is 0 Å². The molecule has 1 rings (SSSR count). The highest BCUT2D eigenvalue weighted by Crippen LogP contribution is 2.21. The fraction of sp³-hybridized carbons (Fsp3) is 0.583. The zero-order valence-electron chi connectivity index (χ0n) is 10.4. The van der Waals surface area contributed by atoms with Crippen molar-refractivity contribution in [1.29, 1.82) is 0 Å². The van der Waals surface area contributed by atoms with Gasteiger partial charge >= 0.3 is 0 Å². The molecule has 0 fully saturated rings. The number of hydrogen-bond donors (Lipinski definition) is 2. The van der Waals surface area contributed by atoms with Crippen molar-refractivity contribution in [2.24, 2.45) is 5.92 Å². The third kappa shape index (κ3) is 3.02. The van der Waals surface area contributed by atoms with Crippen LogP contribution in [-0.4, -0.2) is 18.1 Å². The summed E-state index contributed by atoms with van der Waals surface area (Å²) in [7, 11) is 1.57. The van der Waals surface area contributed by atoms with Crippen LogP contribution >= 0.6 is 0 Å². The molecule has 2 atom stereocenters. The molecule has 0 saturated carbocycles. The Kier molecular flexibility index (Phi) is 4.40. The van der Waals surface area contributed by atoms with Gasteiger partial charge in [0, 0.05) is 6.04 Å². The summed E-state index contributed by atoms with van der Waals surface area (Å²) in [5.74, 6) is 1.88. The van der Waals surface area contributed by atoms with Crippen LogP contribution in [0.2, 0.25) is 0 Å². The second kappa shape index (κ2) is 5.58. The largest absolute Gasteiger partial charge is 0.479 e. The van der Waals surface area contributed by atoms with Crippen molar-refractivity contribution in [3.05, 3.63) is 12.1 Å². The van der Waals surface area contributed by atoms with Crippen LogP contribution in [0.25, 0.3) is 0 Å². The number of methoxy groups -OCH3 is 1. The molecule has 90 valence electrons. The summed E-state index contributed by atoms with van der Waals surface area (Å²) in [6, 6.07) is 4.06. The molecule has 0 radical (unpaired) electrons. The molecular formula is C12H21N3O. The van der Waals surface area contributed by atoms with Gasteiger partial charge in [0.25, 0.3) is 0 Å². The van der Waals surface area contributed by atoms with Gasteiger partial charge in [0.15, 0.2) is 0 Å². The normalized spacial score (nSPS) is 14.2. The standard InChI is InChI=1S/C12H21N3O/c1-5-8(2)9(3)14-11-7-6-10(13)12(15-11)16-4/h6-9H,5,13H2,1-4H3,(H,14,15). The lowest BCUT2D eigenvalue weighted by molar-refractivity contribution is 0.400. The number of nitrogens with two attached hydrogens (primary N) is 1. The third-order valence-corrected chi connectivity index (χ3v) is 2.96. The van der Waals surface area contributed by atoms with E-state index in [1.807, 2.05) is 6.07 Å². The Morgan fingerprint density at radius 2 is 2.12 bits per heavy atom. The Bertz CT molecular complexity index is 341. The van der Waals surface area contributed by atoms with E-state index in [0.717, 1.165) is 12.2 Å². The van der Waals surface area contributed by atoms with Gasteiger partial charge in [0.2, 0.25) is 5.88 Å². The van der Waals surface area contributed by atoms with Crippen molar-refractivity contribution in [3.8, 4) is 5.88 Å². The predicted molar refractivity (Wildman–Crippen MR) is 67.7 cm³/mol. The minimum Gasteiger partial charge on any atom is -0.479 e. The molecule has 0 spiro atoms.